The normalized spacial score (nSPS) is 11.1. The minimum Gasteiger partial charge on any atom is -0.496 e. The van der Waals surface area contributed by atoms with Crippen molar-refractivity contribution in [2.45, 2.75) is 19.4 Å². The molecular formula is C12H18N2O3. The van der Waals surface area contributed by atoms with E-state index in [1.165, 1.54) is 7.11 Å². The lowest BCUT2D eigenvalue weighted by atomic mass is 10.1. The van der Waals surface area contributed by atoms with Crippen molar-refractivity contribution in [1.29, 1.82) is 0 Å². The standard InChI is InChI=1S/C12H18N2O3/c1-12(2,7-15)14-11(16)10-8(13)5-4-6-9(10)17-3/h4-6,15H,7,13H2,1-3H3,(H,14,16). The van der Waals surface area contributed by atoms with Gasteiger partial charge in [0.25, 0.3) is 5.91 Å². The third-order valence-corrected chi connectivity index (χ3v) is 2.35. The number of benzene rings is 1. The molecule has 5 nitrogen and oxygen atoms in total. The zero-order valence-electron chi connectivity index (χ0n) is 10.3. The third-order valence-electron chi connectivity index (χ3n) is 2.35. The van der Waals surface area contributed by atoms with Gasteiger partial charge in [-0.2, -0.15) is 0 Å². The first-order valence-corrected chi connectivity index (χ1v) is 5.27. The Hall–Kier alpha value is -1.75. The summed E-state index contributed by atoms with van der Waals surface area (Å²) in [6, 6.07) is 5.00. The molecule has 0 atom stereocenters. The second-order valence-corrected chi connectivity index (χ2v) is 4.42. The van der Waals surface area contributed by atoms with Crippen molar-refractivity contribution in [3.63, 3.8) is 0 Å². The number of rotatable bonds is 4. The summed E-state index contributed by atoms with van der Waals surface area (Å²) in [5.41, 5.74) is 5.68. The molecule has 0 bridgehead atoms. The fourth-order valence-corrected chi connectivity index (χ4v) is 1.37. The minimum atomic E-state index is -0.704. The van der Waals surface area contributed by atoms with Gasteiger partial charge in [0.1, 0.15) is 11.3 Å². The monoisotopic (exact) mass is 238 g/mol. The van der Waals surface area contributed by atoms with Crippen LogP contribution in [0.4, 0.5) is 5.69 Å². The number of aliphatic hydroxyl groups excluding tert-OH is 1. The fraction of sp³-hybridized carbons (Fsp3) is 0.417. The highest BCUT2D eigenvalue weighted by Gasteiger charge is 2.23. The van der Waals surface area contributed by atoms with Crippen LogP contribution in [0.15, 0.2) is 18.2 Å². The molecular weight excluding hydrogens is 220 g/mol. The quantitative estimate of drug-likeness (QED) is 0.677. The summed E-state index contributed by atoms with van der Waals surface area (Å²) in [6.07, 6.45) is 0. The van der Waals surface area contributed by atoms with Crippen molar-refractivity contribution < 1.29 is 14.6 Å². The van der Waals surface area contributed by atoms with E-state index in [2.05, 4.69) is 5.32 Å². The molecule has 0 spiro atoms. The van der Waals surface area contributed by atoms with Gasteiger partial charge in [-0.1, -0.05) is 6.07 Å². The van der Waals surface area contributed by atoms with Gasteiger partial charge in [0.2, 0.25) is 0 Å². The number of hydrogen-bond donors (Lipinski definition) is 3. The molecule has 0 saturated carbocycles. The van der Waals surface area contributed by atoms with Gasteiger partial charge in [-0.3, -0.25) is 4.79 Å². The highest BCUT2D eigenvalue weighted by Crippen LogP contribution is 2.24. The molecule has 0 unspecified atom stereocenters. The lowest BCUT2D eigenvalue weighted by molar-refractivity contribution is 0.0867. The highest BCUT2D eigenvalue weighted by molar-refractivity contribution is 6.02. The van der Waals surface area contributed by atoms with Crippen LogP contribution in [-0.4, -0.2) is 30.3 Å². The van der Waals surface area contributed by atoms with Gasteiger partial charge in [-0.25, -0.2) is 0 Å². The van der Waals surface area contributed by atoms with Crippen molar-refractivity contribution in [3.05, 3.63) is 23.8 Å². The molecule has 0 saturated heterocycles. The molecule has 0 fully saturated rings. The minimum absolute atomic E-state index is 0.159. The number of anilines is 1. The molecule has 0 heterocycles. The number of nitrogen functional groups attached to an aromatic ring is 1. The van der Waals surface area contributed by atoms with Gasteiger partial charge in [-0.05, 0) is 26.0 Å². The number of methoxy groups -OCH3 is 1. The lowest BCUT2D eigenvalue weighted by Gasteiger charge is -2.24. The highest BCUT2D eigenvalue weighted by atomic mass is 16.5. The Bertz CT molecular complexity index is 416. The van der Waals surface area contributed by atoms with E-state index in [0.29, 0.717) is 11.4 Å². The van der Waals surface area contributed by atoms with Crippen LogP contribution < -0.4 is 15.8 Å². The van der Waals surface area contributed by atoms with Crippen LogP contribution >= 0.6 is 0 Å². The Labute approximate surface area is 101 Å². The topological polar surface area (TPSA) is 84.6 Å². The van der Waals surface area contributed by atoms with Crippen LogP contribution in [0.1, 0.15) is 24.2 Å². The number of hydrogen-bond acceptors (Lipinski definition) is 4. The molecule has 1 rings (SSSR count). The van der Waals surface area contributed by atoms with Gasteiger partial charge in [0.05, 0.1) is 19.3 Å². The molecule has 4 N–H and O–H groups in total. The van der Waals surface area contributed by atoms with Crippen molar-refractivity contribution in [1.82, 2.24) is 5.32 Å². The molecule has 0 aliphatic rings. The maximum absolute atomic E-state index is 12.0. The van der Waals surface area contributed by atoms with E-state index in [4.69, 9.17) is 15.6 Å². The van der Waals surface area contributed by atoms with Gasteiger partial charge >= 0.3 is 0 Å². The maximum atomic E-state index is 12.0. The van der Waals surface area contributed by atoms with Crippen molar-refractivity contribution in [2.24, 2.45) is 0 Å². The molecule has 0 aliphatic heterocycles. The Balaban J connectivity index is 3.04. The van der Waals surface area contributed by atoms with Gasteiger partial charge in [0.15, 0.2) is 0 Å². The van der Waals surface area contributed by atoms with Crippen LogP contribution in [0.2, 0.25) is 0 Å². The van der Waals surface area contributed by atoms with E-state index in [-0.39, 0.29) is 18.1 Å². The summed E-state index contributed by atoms with van der Waals surface area (Å²) in [6.45, 7) is 3.28. The Kier molecular flexibility index (Phi) is 3.96. The summed E-state index contributed by atoms with van der Waals surface area (Å²) in [7, 11) is 1.47. The summed E-state index contributed by atoms with van der Waals surface area (Å²) < 4.78 is 5.09. The molecule has 1 aromatic carbocycles. The smallest absolute Gasteiger partial charge is 0.257 e. The second-order valence-electron chi connectivity index (χ2n) is 4.42. The number of carbonyl (C=O) groups excluding carboxylic acids is 1. The molecule has 0 aliphatic carbocycles. The summed E-state index contributed by atoms with van der Waals surface area (Å²) >= 11 is 0. The van der Waals surface area contributed by atoms with E-state index in [0.717, 1.165) is 0 Å². The summed E-state index contributed by atoms with van der Waals surface area (Å²) in [5, 5.41) is 11.8. The molecule has 1 amide bonds. The van der Waals surface area contributed by atoms with Crippen molar-refractivity contribution >= 4 is 11.6 Å². The Morgan fingerprint density at radius 1 is 1.53 bits per heavy atom. The lowest BCUT2D eigenvalue weighted by Crippen LogP contribution is -2.46. The zero-order chi connectivity index (χ0) is 13.1. The number of nitrogens with two attached hydrogens (primary N) is 1. The van der Waals surface area contributed by atoms with E-state index in [1.807, 2.05) is 0 Å². The summed E-state index contributed by atoms with van der Waals surface area (Å²) in [4.78, 5) is 12.0. The van der Waals surface area contributed by atoms with E-state index in [1.54, 1.807) is 32.0 Å². The first-order valence-electron chi connectivity index (χ1n) is 5.27. The second kappa shape index (κ2) is 5.05. The van der Waals surface area contributed by atoms with Crippen LogP contribution in [0.25, 0.3) is 0 Å². The Morgan fingerprint density at radius 2 is 2.18 bits per heavy atom. The first-order chi connectivity index (χ1) is 7.91. The van der Waals surface area contributed by atoms with Crippen LogP contribution in [0, 0.1) is 0 Å². The number of ether oxygens (including phenoxy) is 1. The average molecular weight is 238 g/mol. The Morgan fingerprint density at radius 3 is 2.71 bits per heavy atom. The predicted molar refractivity (Wildman–Crippen MR) is 66.0 cm³/mol. The molecule has 17 heavy (non-hydrogen) atoms. The van der Waals surface area contributed by atoms with Crippen LogP contribution in [0.3, 0.4) is 0 Å². The SMILES string of the molecule is COc1cccc(N)c1C(=O)NC(C)(C)CO. The van der Waals surface area contributed by atoms with E-state index >= 15 is 0 Å². The van der Waals surface area contributed by atoms with Crippen LogP contribution in [-0.2, 0) is 0 Å². The largest absolute Gasteiger partial charge is 0.496 e. The molecule has 0 radical (unpaired) electrons. The number of amides is 1. The third kappa shape index (κ3) is 3.10. The average Bonchev–Trinajstić information content (AvgIpc) is 2.27. The van der Waals surface area contributed by atoms with E-state index in [9.17, 15) is 4.79 Å². The molecule has 1 aromatic rings. The van der Waals surface area contributed by atoms with Gasteiger partial charge < -0.3 is 20.9 Å². The first kappa shape index (κ1) is 13.3. The maximum Gasteiger partial charge on any atom is 0.257 e. The van der Waals surface area contributed by atoms with Gasteiger partial charge in [0, 0.05) is 5.69 Å². The zero-order valence-corrected chi connectivity index (χ0v) is 10.3. The predicted octanol–water partition coefficient (Wildman–Crippen LogP) is 0.778. The summed E-state index contributed by atoms with van der Waals surface area (Å²) in [5.74, 6) is 0.0511. The molecule has 94 valence electrons. The molecule has 0 aromatic heterocycles. The molecule has 5 heteroatoms. The van der Waals surface area contributed by atoms with Crippen molar-refractivity contribution in [3.8, 4) is 5.75 Å². The fourth-order valence-electron chi connectivity index (χ4n) is 1.37. The van der Waals surface area contributed by atoms with Gasteiger partial charge in [-0.15, -0.1) is 0 Å². The van der Waals surface area contributed by atoms with Crippen molar-refractivity contribution in [2.75, 3.05) is 19.5 Å². The van der Waals surface area contributed by atoms with Crippen LogP contribution in [0.5, 0.6) is 5.75 Å². The van der Waals surface area contributed by atoms with E-state index < -0.39 is 5.54 Å². The number of aliphatic hydroxyl groups is 1. The number of carbonyl (C=O) groups is 1. The number of nitrogens with one attached hydrogen (secondary N) is 1.